The topological polar surface area (TPSA) is 83.9 Å². The minimum atomic E-state index is -3.74. The second kappa shape index (κ2) is 5.41. The molecule has 1 saturated heterocycles. The third kappa shape index (κ3) is 2.23. The Labute approximate surface area is 153 Å². The van der Waals surface area contributed by atoms with E-state index < -0.39 is 33.2 Å². The number of sulfonamides is 1. The minimum Gasteiger partial charge on any atom is -0.455 e. The fourth-order valence-electron chi connectivity index (χ4n) is 4.62. The molecule has 0 aromatic heterocycles. The van der Waals surface area contributed by atoms with Gasteiger partial charge in [0.05, 0.1) is 16.0 Å². The molecule has 7 heteroatoms. The van der Waals surface area contributed by atoms with Crippen molar-refractivity contribution in [2.24, 2.45) is 5.92 Å². The molecular weight excluding hydrogens is 354 g/mol. The van der Waals surface area contributed by atoms with Gasteiger partial charge in [0.25, 0.3) is 0 Å². The first-order valence-corrected chi connectivity index (χ1v) is 10.3. The number of likely N-dealkylation sites (N-methyl/N-ethyl adjacent to an activating group) is 1. The van der Waals surface area contributed by atoms with Crippen LogP contribution in [0.25, 0.3) is 0 Å². The van der Waals surface area contributed by atoms with Crippen LogP contribution in [0, 0.1) is 12.8 Å². The van der Waals surface area contributed by atoms with Gasteiger partial charge in [0.15, 0.2) is 0 Å². The van der Waals surface area contributed by atoms with E-state index in [2.05, 4.69) is 0 Å². The fraction of sp³-hybridized carbons (Fsp3) is 0.526. The van der Waals surface area contributed by atoms with Crippen LogP contribution in [0.15, 0.2) is 40.8 Å². The van der Waals surface area contributed by atoms with Gasteiger partial charge in [0.1, 0.15) is 11.7 Å². The molecule has 3 aliphatic rings. The van der Waals surface area contributed by atoms with E-state index in [4.69, 9.17) is 4.74 Å². The zero-order valence-electron chi connectivity index (χ0n) is 15.1. The molecule has 1 saturated carbocycles. The summed E-state index contributed by atoms with van der Waals surface area (Å²) in [5.41, 5.74) is -0.989. The van der Waals surface area contributed by atoms with Crippen molar-refractivity contribution in [2.45, 2.75) is 55.2 Å². The van der Waals surface area contributed by atoms with Crippen LogP contribution in [-0.4, -0.2) is 48.1 Å². The molecule has 1 heterocycles. The Morgan fingerprint density at radius 3 is 2.54 bits per heavy atom. The number of hydrogen-bond donors (Lipinski definition) is 1. The first-order valence-electron chi connectivity index (χ1n) is 8.81. The molecule has 0 amide bonds. The minimum absolute atomic E-state index is 0.195. The van der Waals surface area contributed by atoms with Crippen molar-refractivity contribution in [2.75, 3.05) is 7.05 Å². The summed E-state index contributed by atoms with van der Waals surface area (Å²) in [6.07, 6.45) is 2.86. The SMILES string of the molecule is Cc1ccc(S(=O)(=O)N(C)[C@@]2(C)C=C3C(=O)O[C@@H]4CCC(C2)[C@]34O)cc1. The van der Waals surface area contributed by atoms with Crippen molar-refractivity contribution in [3.63, 3.8) is 0 Å². The molecule has 6 nitrogen and oxygen atoms in total. The van der Waals surface area contributed by atoms with Gasteiger partial charge in [-0.3, -0.25) is 0 Å². The molecule has 0 spiro atoms. The third-order valence-corrected chi connectivity index (χ3v) is 8.31. The van der Waals surface area contributed by atoms with E-state index in [1.807, 2.05) is 6.92 Å². The maximum atomic E-state index is 13.1. The molecule has 1 aromatic rings. The van der Waals surface area contributed by atoms with Gasteiger partial charge in [-0.1, -0.05) is 17.7 Å². The molecule has 1 N–H and O–H groups in total. The lowest BCUT2D eigenvalue weighted by Gasteiger charge is -2.44. The molecule has 0 bridgehead atoms. The average molecular weight is 377 g/mol. The Morgan fingerprint density at radius 1 is 1.23 bits per heavy atom. The van der Waals surface area contributed by atoms with Gasteiger partial charge in [-0.15, -0.1) is 0 Å². The number of carbonyl (C=O) groups excluding carboxylic acids is 1. The largest absolute Gasteiger partial charge is 0.455 e. The lowest BCUT2D eigenvalue weighted by Crippen LogP contribution is -2.55. The molecule has 140 valence electrons. The van der Waals surface area contributed by atoms with Crippen molar-refractivity contribution in [3.05, 3.63) is 41.5 Å². The van der Waals surface area contributed by atoms with Crippen LogP contribution < -0.4 is 0 Å². The predicted octanol–water partition coefficient (Wildman–Crippen LogP) is 1.77. The molecule has 4 rings (SSSR count). The van der Waals surface area contributed by atoms with Crippen molar-refractivity contribution in [3.8, 4) is 0 Å². The standard InChI is InChI=1S/C19H23NO5S/c1-12-4-7-14(8-5-12)26(23,24)20(3)18(2)10-13-6-9-16-19(13,22)15(11-18)17(21)25-16/h4-5,7-8,11,13,16,22H,6,9-10H2,1-3H3/t13?,16-,18-,19+/m1/s1. The van der Waals surface area contributed by atoms with Crippen molar-refractivity contribution in [1.82, 2.24) is 4.31 Å². The Morgan fingerprint density at radius 2 is 1.88 bits per heavy atom. The Kier molecular flexibility index (Phi) is 3.68. The second-order valence-electron chi connectivity index (χ2n) is 7.90. The van der Waals surface area contributed by atoms with E-state index in [1.165, 1.54) is 11.4 Å². The van der Waals surface area contributed by atoms with Crippen molar-refractivity contribution in [1.29, 1.82) is 0 Å². The number of carbonyl (C=O) groups is 1. The van der Waals surface area contributed by atoms with E-state index in [1.54, 1.807) is 37.3 Å². The fourth-order valence-corrected chi connectivity index (χ4v) is 6.09. The summed E-state index contributed by atoms with van der Waals surface area (Å²) >= 11 is 0. The van der Waals surface area contributed by atoms with Crippen molar-refractivity contribution < 1.29 is 23.1 Å². The van der Waals surface area contributed by atoms with Gasteiger partial charge < -0.3 is 9.84 Å². The summed E-state index contributed by atoms with van der Waals surface area (Å²) in [4.78, 5) is 12.5. The summed E-state index contributed by atoms with van der Waals surface area (Å²) in [7, 11) is -2.21. The number of rotatable bonds is 3. The highest BCUT2D eigenvalue weighted by Crippen LogP contribution is 2.55. The highest BCUT2D eigenvalue weighted by Gasteiger charge is 2.64. The third-order valence-electron chi connectivity index (χ3n) is 6.30. The number of esters is 1. The Balaban J connectivity index is 1.76. The predicted molar refractivity (Wildman–Crippen MR) is 94.8 cm³/mol. The van der Waals surface area contributed by atoms with Gasteiger partial charge in [-0.25, -0.2) is 13.2 Å². The summed E-state index contributed by atoms with van der Waals surface area (Å²) in [5.74, 6) is -0.728. The zero-order chi connectivity index (χ0) is 18.9. The van der Waals surface area contributed by atoms with E-state index in [-0.39, 0.29) is 16.4 Å². The van der Waals surface area contributed by atoms with Crippen LogP contribution in [0.2, 0.25) is 0 Å². The summed E-state index contributed by atoms with van der Waals surface area (Å²) < 4.78 is 32.9. The molecule has 2 fully saturated rings. The van der Waals surface area contributed by atoms with Gasteiger partial charge >= 0.3 is 5.97 Å². The van der Waals surface area contributed by atoms with Gasteiger partial charge in [0, 0.05) is 7.05 Å². The van der Waals surface area contributed by atoms with Crippen molar-refractivity contribution >= 4 is 16.0 Å². The molecule has 1 aromatic carbocycles. The number of hydrogen-bond acceptors (Lipinski definition) is 5. The Hall–Kier alpha value is -1.70. The normalized spacial score (nSPS) is 36.0. The lowest BCUT2D eigenvalue weighted by molar-refractivity contribution is -0.140. The molecule has 1 unspecified atom stereocenters. The molecular formula is C19H23NO5S. The number of ether oxygens (including phenoxy) is 1. The van der Waals surface area contributed by atoms with Crippen LogP contribution in [0.1, 0.15) is 31.7 Å². The summed E-state index contributed by atoms with van der Waals surface area (Å²) in [6.45, 7) is 3.69. The van der Waals surface area contributed by atoms with Crippen LogP contribution in [-0.2, 0) is 19.6 Å². The lowest BCUT2D eigenvalue weighted by atomic mass is 9.70. The first kappa shape index (κ1) is 17.7. The molecule has 4 atom stereocenters. The number of benzene rings is 1. The highest BCUT2D eigenvalue weighted by molar-refractivity contribution is 7.89. The summed E-state index contributed by atoms with van der Waals surface area (Å²) in [5, 5.41) is 11.1. The monoisotopic (exact) mass is 377 g/mol. The van der Waals surface area contributed by atoms with Crippen LogP contribution in [0.5, 0.6) is 0 Å². The van der Waals surface area contributed by atoms with Gasteiger partial charge in [-0.2, -0.15) is 4.31 Å². The quantitative estimate of drug-likeness (QED) is 0.812. The van der Waals surface area contributed by atoms with E-state index in [0.717, 1.165) is 5.56 Å². The number of aryl methyl sites for hydroxylation is 1. The Bertz CT molecular complexity index is 906. The maximum Gasteiger partial charge on any atom is 0.337 e. The van der Waals surface area contributed by atoms with E-state index >= 15 is 0 Å². The molecule has 26 heavy (non-hydrogen) atoms. The molecule has 2 aliphatic carbocycles. The maximum absolute atomic E-state index is 13.1. The first-order chi connectivity index (χ1) is 12.1. The second-order valence-corrected chi connectivity index (χ2v) is 9.87. The van der Waals surface area contributed by atoms with E-state index in [0.29, 0.717) is 19.3 Å². The van der Waals surface area contributed by atoms with Gasteiger partial charge in [0.2, 0.25) is 10.0 Å². The van der Waals surface area contributed by atoms with E-state index in [9.17, 15) is 18.3 Å². The molecule has 0 radical (unpaired) electrons. The molecule has 1 aliphatic heterocycles. The smallest absolute Gasteiger partial charge is 0.337 e. The van der Waals surface area contributed by atoms with Crippen LogP contribution in [0.4, 0.5) is 0 Å². The van der Waals surface area contributed by atoms with Gasteiger partial charge in [-0.05, 0) is 57.2 Å². The number of nitrogens with zero attached hydrogens (tertiary/aromatic N) is 1. The zero-order valence-corrected chi connectivity index (χ0v) is 15.9. The highest BCUT2D eigenvalue weighted by atomic mass is 32.2. The summed E-state index contributed by atoms with van der Waals surface area (Å²) in [6, 6.07) is 6.70. The number of aliphatic hydroxyl groups is 1. The van der Waals surface area contributed by atoms with Crippen LogP contribution >= 0.6 is 0 Å². The van der Waals surface area contributed by atoms with Crippen LogP contribution in [0.3, 0.4) is 0 Å². The average Bonchev–Trinajstić information content (AvgIpc) is 3.03.